The van der Waals surface area contributed by atoms with E-state index in [0.29, 0.717) is 5.56 Å². The van der Waals surface area contributed by atoms with Crippen LogP contribution < -0.4 is 15.5 Å². The van der Waals surface area contributed by atoms with Crippen molar-refractivity contribution in [1.82, 2.24) is 5.32 Å². The molecule has 1 fully saturated rings. The standard InChI is InChI=1S/C23H29N3O2/c1-3-17(2)21(25-22(27)18-9-5-4-6-10-18)23(28)24-19-11-13-20(14-12-19)26-15-7-8-16-26/h4-6,9-14,17,21H,3,7-8,15-16H2,1-2H3,(H,24,28)(H,25,27)/t17-,21-/m1/s1. The van der Waals surface area contributed by atoms with E-state index in [2.05, 4.69) is 15.5 Å². The second-order valence-corrected chi connectivity index (χ2v) is 7.43. The molecule has 1 aliphatic heterocycles. The van der Waals surface area contributed by atoms with Crippen molar-refractivity contribution < 1.29 is 9.59 Å². The van der Waals surface area contributed by atoms with Crippen LogP contribution >= 0.6 is 0 Å². The minimum absolute atomic E-state index is 0.0246. The lowest BCUT2D eigenvalue weighted by Crippen LogP contribution is -2.47. The fourth-order valence-corrected chi connectivity index (χ4v) is 3.47. The molecule has 1 heterocycles. The SMILES string of the molecule is CC[C@@H](C)[C@@H](NC(=O)c1ccccc1)C(=O)Nc1ccc(N2CCCC2)cc1. The molecule has 28 heavy (non-hydrogen) atoms. The van der Waals surface area contributed by atoms with Crippen LogP contribution in [-0.2, 0) is 4.79 Å². The average Bonchev–Trinajstić information content (AvgIpc) is 3.27. The minimum Gasteiger partial charge on any atom is -0.372 e. The summed E-state index contributed by atoms with van der Waals surface area (Å²) in [4.78, 5) is 27.8. The maximum Gasteiger partial charge on any atom is 0.251 e. The highest BCUT2D eigenvalue weighted by molar-refractivity contribution is 6.01. The molecular formula is C23H29N3O2. The zero-order valence-electron chi connectivity index (χ0n) is 16.7. The highest BCUT2D eigenvalue weighted by atomic mass is 16.2. The van der Waals surface area contributed by atoms with Crippen molar-refractivity contribution >= 4 is 23.2 Å². The summed E-state index contributed by atoms with van der Waals surface area (Å²) in [5.74, 6) is -0.394. The molecule has 0 bridgehead atoms. The van der Waals surface area contributed by atoms with E-state index in [9.17, 15) is 9.59 Å². The second kappa shape index (κ2) is 9.40. The number of carbonyl (C=O) groups excluding carboxylic acids is 2. The van der Waals surface area contributed by atoms with Crippen LogP contribution in [0.4, 0.5) is 11.4 Å². The lowest BCUT2D eigenvalue weighted by molar-refractivity contribution is -0.119. The smallest absolute Gasteiger partial charge is 0.251 e. The molecule has 5 heteroatoms. The quantitative estimate of drug-likeness (QED) is 0.762. The van der Waals surface area contributed by atoms with Crippen LogP contribution in [0.2, 0.25) is 0 Å². The Balaban J connectivity index is 1.66. The summed E-state index contributed by atoms with van der Waals surface area (Å²) in [6.07, 6.45) is 3.26. The van der Waals surface area contributed by atoms with Gasteiger partial charge in [0.1, 0.15) is 6.04 Å². The van der Waals surface area contributed by atoms with E-state index in [-0.39, 0.29) is 17.7 Å². The molecule has 0 saturated carbocycles. The summed E-state index contributed by atoms with van der Waals surface area (Å²) >= 11 is 0. The Morgan fingerprint density at radius 3 is 2.25 bits per heavy atom. The molecule has 3 rings (SSSR count). The third kappa shape index (κ3) is 4.91. The van der Waals surface area contributed by atoms with Gasteiger partial charge in [0.2, 0.25) is 5.91 Å². The van der Waals surface area contributed by atoms with E-state index in [4.69, 9.17) is 0 Å². The Kier molecular flexibility index (Phi) is 6.69. The molecule has 0 spiro atoms. The molecular weight excluding hydrogens is 350 g/mol. The number of nitrogens with zero attached hydrogens (tertiary/aromatic N) is 1. The summed E-state index contributed by atoms with van der Waals surface area (Å²) < 4.78 is 0. The molecule has 5 nitrogen and oxygen atoms in total. The van der Waals surface area contributed by atoms with Gasteiger partial charge in [0, 0.05) is 30.0 Å². The second-order valence-electron chi connectivity index (χ2n) is 7.43. The summed E-state index contributed by atoms with van der Waals surface area (Å²) in [5.41, 5.74) is 2.49. The van der Waals surface area contributed by atoms with Gasteiger partial charge in [-0.05, 0) is 55.2 Å². The van der Waals surface area contributed by atoms with Gasteiger partial charge in [-0.1, -0.05) is 38.5 Å². The van der Waals surface area contributed by atoms with Gasteiger partial charge in [-0.25, -0.2) is 0 Å². The largest absolute Gasteiger partial charge is 0.372 e. The van der Waals surface area contributed by atoms with Crippen LogP contribution in [0, 0.1) is 5.92 Å². The number of rotatable bonds is 7. The summed E-state index contributed by atoms with van der Waals surface area (Å²) in [6.45, 7) is 6.18. The normalized spacial score (nSPS) is 15.7. The van der Waals surface area contributed by atoms with E-state index in [1.54, 1.807) is 12.1 Å². The molecule has 148 valence electrons. The monoisotopic (exact) mass is 379 g/mol. The number of carbonyl (C=O) groups is 2. The molecule has 2 aromatic rings. The Morgan fingerprint density at radius 1 is 1.00 bits per heavy atom. The van der Waals surface area contributed by atoms with Crippen LogP contribution in [0.1, 0.15) is 43.5 Å². The van der Waals surface area contributed by atoms with Crippen LogP contribution in [0.3, 0.4) is 0 Å². The van der Waals surface area contributed by atoms with Gasteiger partial charge >= 0.3 is 0 Å². The van der Waals surface area contributed by atoms with Gasteiger partial charge in [-0.3, -0.25) is 9.59 Å². The maximum atomic E-state index is 12.9. The lowest BCUT2D eigenvalue weighted by atomic mass is 9.97. The maximum absolute atomic E-state index is 12.9. The third-order valence-electron chi connectivity index (χ3n) is 5.42. The number of benzene rings is 2. The van der Waals surface area contributed by atoms with Crippen LogP contribution in [0.25, 0.3) is 0 Å². The molecule has 1 aliphatic rings. The minimum atomic E-state index is -0.587. The Hall–Kier alpha value is -2.82. The number of nitrogens with one attached hydrogen (secondary N) is 2. The van der Waals surface area contributed by atoms with Crippen molar-refractivity contribution in [3.05, 3.63) is 60.2 Å². The summed E-state index contributed by atoms with van der Waals surface area (Å²) in [7, 11) is 0. The van der Waals surface area contributed by atoms with E-state index in [1.807, 2.05) is 56.3 Å². The molecule has 1 saturated heterocycles. The Labute approximate surface area is 167 Å². The van der Waals surface area contributed by atoms with Crippen LogP contribution in [0.15, 0.2) is 54.6 Å². The van der Waals surface area contributed by atoms with Crippen molar-refractivity contribution in [2.24, 2.45) is 5.92 Å². The topological polar surface area (TPSA) is 61.4 Å². The molecule has 0 unspecified atom stereocenters. The van der Waals surface area contributed by atoms with Crippen molar-refractivity contribution in [2.75, 3.05) is 23.3 Å². The highest BCUT2D eigenvalue weighted by Crippen LogP contribution is 2.22. The van der Waals surface area contributed by atoms with Crippen LogP contribution in [0.5, 0.6) is 0 Å². The fourth-order valence-electron chi connectivity index (χ4n) is 3.47. The number of hydrogen-bond acceptors (Lipinski definition) is 3. The van der Waals surface area contributed by atoms with Crippen molar-refractivity contribution in [2.45, 2.75) is 39.2 Å². The first-order valence-electron chi connectivity index (χ1n) is 10.1. The first-order valence-corrected chi connectivity index (χ1v) is 10.1. The molecule has 2 atom stereocenters. The third-order valence-corrected chi connectivity index (χ3v) is 5.42. The number of hydrogen-bond donors (Lipinski definition) is 2. The van der Waals surface area contributed by atoms with Gasteiger partial charge in [0.25, 0.3) is 5.91 Å². The van der Waals surface area contributed by atoms with Crippen molar-refractivity contribution in [3.8, 4) is 0 Å². The summed E-state index contributed by atoms with van der Waals surface area (Å²) in [5, 5.41) is 5.86. The molecule has 2 N–H and O–H groups in total. The van der Waals surface area contributed by atoms with Gasteiger partial charge in [-0.2, -0.15) is 0 Å². The number of anilines is 2. The van der Waals surface area contributed by atoms with Crippen molar-refractivity contribution in [1.29, 1.82) is 0 Å². The highest BCUT2D eigenvalue weighted by Gasteiger charge is 2.26. The molecule has 0 radical (unpaired) electrons. The van der Waals surface area contributed by atoms with E-state index >= 15 is 0 Å². The predicted octanol–water partition coefficient (Wildman–Crippen LogP) is 4.07. The first-order chi connectivity index (χ1) is 13.6. The zero-order valence-corrected chi connectivity index (χ0v) is 16.7. The van der Waals surface area contributed by atoms with Gasteiger partial charge < -0.3 is 15.5 Å². The van der Waals surface area contributed by atoms with E-state index in [0.717, 1.165) is 25.2 Å². The van der Waals surface area contributed by atoms with Gasteiger partial charge in [-0.15, -0.1) is 0 Å². The van der Waals surface area contributed by atoms with Gasteiger partial charge in [0.15, 0.2) is 0 Å². The van der Waals surface area contributed by atoms with E-state index < -0.39 is 6.04 Å². The number of amides is 2. The Morgan fingerprint density at radius 2 is 1.64 bits per heavy atom. The summed E-state index contributed by atoms with van der Waals surface area (Å²) in [6, 6.07) is 16.3. The fraction of sp³-hybridized carbons (Fsp3) is 0.391. The average molecular weight is 380 g/mol. The molecule has 0 aromatic heterocycles. The molecule has 2 amide bonds. The zero-order chi connectivity index (χ0) is 19.9. The van der Waals surface area contributed by atoms with Crippen molar-refractivity contribution in [3.63, 3.8) is 0 Å². The molecule has 0 aliphatic carbocycles. The lowest BCUT2D eigenvalue weighted by Gasteiger charge is -2.24. The van der Waals surface area contributed by atoms with Gasteiger partial charge in [0.05, 0.1) is 0 Å². The first kappa shape index (κ1) is 19.9. The predicted molar refractivity (Wildman–Crippen MR) is 114 cm³/mol. The van der Waals surface area contributed by atoms with E-state index in [1.165, 1.54) is 18.5 Å². The Bertz CT molecular complexity index is 783. The molecule has 2 aromatic carbocycles. The van der Waals surface area contributed by atoms with Crippen LogP contribution in [-0.4, -0.2) is 30.9 Å².